The summed E-state index contributed by atoms with van der Waals surface area (Å²) in [5.74, 6) is -0.622. The van der Waals surface area contributed by atoms with Crippen molar-refractivity contribution in [1.29, 1.82) is 0 Å². The lowest BCUT2D eigenvalue weighted by atomic mass is 10.0. The average molecular weight is 386 g/mol. The predicted octanol–water partition coefficient (Wildman–Crippen LogP) is 3.62. The number of carbonyl (C=O) groups excluding carboxylic acids is 2. The van der Waals surface area contributed by atoms with Gasteiger partial charge in [-0.05, 0) is 39.7 Å². The maximum Gasteiger partial charge on any atom is 0.410 e. The van der Waals surface area contributed by atoms with Gasteiger partial charge in [0.25, 0.3) is 0 Å². The van der Waals surface area contributed by atoms with Crippen LogP contribution in [0.2, 0.25) is 5.15 Å². The quantitative estimate of drug-likeness (QED) is 0.745. The largest absolute Gasteiger partial charge is 0.444 e. The molecule has 0 aromatic carbocycles. The van der Waals surface area contributed by atoms with E-state index in [1.807, 2.05) is 0 Å². The Kier molecular flexibility index (Phi) is 6.44. The second kappa shape index (κ2) is 8.20. The van der Waals surface area contributed by atoms with Gasteiger partial charge in [0.05, 0.1) is 6.54 Å². The van der Waals surface area contributed by atoms with Crippen molar-refractivity contribution in [3.8, 4) is 0 Å². The smallest absolute Gasteiger partial charge is 0.410 e. The molecule has 0 N–H and O–H groups in total. The number of piperidine rings is 1. The van der Waals surface area contributed by atoms with E-state index in [0.717, 1.165) is 0 Å². The van der Waals surface area contributed by atoms with Gasteiger partial charge in [0, 0.05) is 37.8 Å². The number of hydrogen-bond acceptors (Lipinski definition) is 4. The van der Waals surface area contributed by atoms with E-state index < -0.39 is 17.5 Å². The van der Waals surface area contributed by atoms with Crippen LogP contribution < -0.4 is 0 Å². The second-order valence-corrected chi connectivity index (χ2v) is 7.78. The number of pyridine rings is 1. The Morgan fingerprint density at radius 1 is 1.38 bits per heavy atom. The molecule has 1 saturated heterocycles. The number of halogens is 2. The summed E-state index contributed by atoms with van der Waals surface area (Å²) in [7, 11) is 0. The van der Waals surface area contributed by atoms with Gasteiger partial charge in [-0.2, -0.15) is 0 Å². The zero-order chi connectivity index (χ0) is 19.5. The van der Waals surface area contributed by atoms with Gasteiger partial charge >= 0.3 is 6.09 Å². The highest BCUT2D eigenvalue weighted by Gasteiger charge is 2.32. The van der Waals surface area contributed by atoms with Crippen molar-refractivity contribution in [1.82, 2.24) is 14.8 Å². The van der Waals surface area contributed by atoms with Crippen molar-refractivity contribution < 1.29 is 18.7 Å². The first-order valence-corrected chi connectivity index (χ1v) is 9.00. The minimum absolute atomic E-state index is 0.0132. The molecule has 1 aliphatic rings. The summed E-state index contributed by atoms with van der Waals surface area (Å²) >= 11 is 5.76. The lowest BCUT2D eigenvalue weighted by Gasteiger charge is -2.38. The van der Waals surface area contributed by atoms with Crippen molar-refractivity contribution in [2.75, 3.05) is 13.1 Å². The Hall–Kier alpha value is -1.89. The molecule has 2 amide bonds. The van der Waals surface area contributed by atoms with Crippen LogP contribution in [0.1, 0.15) is 46.1 Å². The number of hydrogen-bond donors (Lipinski definition) is 0. The van der Waals surface area contributed by atoms with Crippen LogP contribution in [-0.4, -0.2) is 51.5 Å². The molecule has 2 rings (SSSR count). The Labute approximate surface area is 158 Å². The number of aromatic nitrogens is 1. The van der Waals surface area contributed by atoms with Crippen molar-refractivity contribution in [3.05, 3.63) is 28.8 Å². The number of likely N-dealkylation sites (tertiary alicyclic amines) is 1. The first-order valence-electron chi connectivity index (χ1n) is 8.62. The Balaban J connectivity index is 2.21. The molecule has 26 heavy (non-hydrogen) atoms. The summed E-state index contributed by atoms with van der Waals surface area (Å²) in [6.45, 7) is 8.02. The normalized spacial score (nSPS) is 15.7. The summed E-state index contributed by atoms with van der Waals surface area (Å²) in [6.07, 6.45) is 2.12. The van der Waals surface area contributed by atoms with E-state index in [9.17, 15) is 14.0 Å². The molecule has 0 saturated carbocycles. The van der Waals surface area contributed by atoms with E-state index in [2.05, 4.69) is 4.98 Å². The van der Waals surface area contributed by atoms with Crippen LogP contribution >= 0.6 is 11.6 Å². The second-order valence-electron chi connectivity index (χ2n) is 7.42. The third kappa shape index (κ3) is 5.30. The Bertz CT molecular complexity index is 670. The third-order valence-electron chi connectivity index (χ3n) is 4.25. The minimum atomic E-state index is -0.663. The molecule has 1 fully saturated rings. The van der Waals surface area contributed by atoms with E-state index in [1.165, 1.54) is 24.1 Å². The lowest BCUT2D eigenvalue weighted by Crippen LogP contribution is -2.49. The Morgan fingerprint density at radius 2 is 2.00 bits per heavy atom. The van der Waals surface area contributed by atoms with Crippen molar-refractivity contribution in [2.24, 2.45) is 0 Å². The summed E-state index contributed by atoms with van der Waals surface area (Å²) in [5.41, 5.74) is -0.381. The first kappa shape index (κ1) is 20.4. The molecule has 6 nitrogen and oxygen atoms in total. The van der Waals surface area contributed by atoms with Gasteiger partial charge in [-0.25, -0.2) is 14.2 Å². The number of amides is 2. The molecule has 0 atom stereocenters. The SMILES string of the molecule is CC(=O)N1CCC(N(Cc2ccnc(Cl)c2F)C(=O)OC(C)(C)C)CC1. The molecule has 0 spiro atoms. The zero-order valence-corrected chi connectivity index (χ0v) is 16.3. The van der Waals surface area contributed by atoms with Gasteiger partial charge in [-0.1, -0.05) is 11.6 Å². The number of ether oxygens (including phenoxy) is 1. The van der Waals surface area contributed by atoms with Gasteiger partial charge in [0.2, 0.25) is 5.91 Å². The van der Waals surface area contributed by atoms with E-state index in [0.29, 0.717) is 25.9 Å². The van der Waals surface area contributed by atoms with Crippen LogP contribution in [-0.2, 0) is 16.1 Å². The number of nitrogens with zero attached hydrogens (tertiary/aromatic N) is 3. The van der Waals surface area contributed by atoms with Crippen LogP contribution in [0.25, 0.3) is 0 Å². The summed E-state index contributed by atoms with van der Waals surface area (Å²) in [5, 5.41) is -0.224. The van der Waals surface area contributed by atoms with Crippen LogP contribution in [0.4, 0.5) is 9.18 Å². The van der Waals surface area contributed by atoms with Crippen molar-refractivity contribution >= 4 is 23.6 Å². The highest BCUT2D eigenvalue weighted by Crippen LogP contribution is 2.24. The average Bonchev–Trinajstić information content (AvgIpc) is 2.54. The van der Waals surface area contributed by atoms with Gasteiger partial charge in [-0.15, -0.1) is 0 Å². The molecule has 1 aliphatic heterocycles. The molecule has 0 radical (unpaired) electrons. The maximum atomic E-state index is 14.3. The highest BCUT2D eigenvalue weighted by atomic mass is 35.5. The fourth-order valence-electron chi connectivity index (χ4n) is 2.92. The molecule has 2 heterocycles. The molecular formula is C18H25ClFN3O3. The summed E-state index contributed by atoms with van der Waals surface area (Å²) < 4.78 is 19.8. The number of rotatable bonds is 3. The van der Waals surface area contributed by atoms with E-state index in [-0.39, 0.29) is 29.2 Å². The van der Waals surface area contributed by atoms with Crippen molar-refractivity contribution in [3.63, 3.8) is 0 Å². The fourth-order valence-corrected chi connectivity index (χ4v) is 3.09. The molecule has 0 unspecified atom stereocenters. The van der Waals surface area contributed by atoms with E-state index in [1.54, 1.807) is 25.7 Å². The molecule has 0 aliphatic carbocycles. The topological polar surface area (TPSA) is 62.7 Å². The molecule has 1 aromatic rings. The third-order valence-corrected chi connectivity index (χ3v) is 4.51. The van der Waals surface area contributed by atoms with E-state index >= 15 is 0 Å². The van der Waals surface area contributed by atoms with Crippen LogP contribution in [0.3, 0.4) is 0 Å². The first-order chi connectivity index (χ1) is 12.1. The molecule has 144 valence electrons. The maximum absolute atomic E-state index is 14.3. The fraction of sp³-hybridized carbons (Fsp3) is 0.611. The molecule has 8 heteroatoms. The minimum Gasteiger partial charge on any atom is -0.444 e. The zero-order valence-electron chi connectivity index (χ0n) is 15.6. The lowest BCUT2D eigenvalue weighted by molar-refractivity contribution is -0.130. The molecule has 0 bridgehead atoms. The van der Waals surface area contributed by atoms with Gasteiger partial charge in [-0.3, -0.25) is 4.79 Å². The van der Waals surface area contributed by atoms with Gasteiger partial charge in [0.1, 0.15) is 5.60 Å². The highest BCUT2D eigenvalue weighted by molar-refractivity contribution is 6.29. The van der Waals surface area contributed by atoms with Crippen LogP contribution in [0.15, 0.2) is 12.3 Å². The summed E-state index contributed by atoms with van der Waals surface area (Å²) in [4.78, 5) is 31.2. The molecule has 1 aromatic heterocycles. The van der Waals surface area contributed by atoms with Gasteiger partial charge in [0.15, 0.2) is 11.0 Å². The van der Waals surface area contributed by atoms with Crippen molar-refractivity contribution in [2.45, 2.75) is 58.7 Å². The summed E-state index contributed by atoms with van der Waals surface area (Å²) in [6, 6.07) is 1.36. The van der Waals surface area contributed by atoms with E-state index in [4.69, 9.17) is 16.3 Å². The standard InChI is InChI=1S/C18H25ClFN3O3/c1-12(24)22-9-6-14(7-10-22)23(17(25)26-18(2,3)4)11-13-5-8-21-16(19)15(13)20/h5,8,14H,6-7,9-11H2,1-4H3. The van der Waals surface area contributed by atoms with Gasteiger partial charge < -0.3 is 14.5 Å². The number of carbonyl (C=O) groups is 2. The van der Waals surface area contributed by atoms with Crippen LogP contribution in [0.5, 0.6) is 0 Å². The molecular weight excluding hydrogens is 361 g/mol. The predicted molar refractivity (Wildman–Crippen MR) is 96.3 cm³/mol. The Morgan fingerprint density at radius 3 is 2.54 bits per heavy atom. The van der Waals surface area contributed by atoms with Crippen LogP contribution in [0, 0.1) is 5.82 Å². The monoisotopic (exact) mass is 385 g/mol.